The van der Waals surface area contributed by atoms with Gasteiger partial charge in [-0.2, -0.15) is 0 Å². The van der Waals surface area contributed by atoms with Crippen molar-refractivity contribution in [2.45, 2.75) is 38.1 Å². The van der Waals surface area contributed by atoms with Gasteiger partial charge in [0.1, 0.15) is 5.58 Å². The van der Waals surface area contributed by atoms with Crippen molar-refractivity contribution in [3.05, 3.63) is 58.4 Å². The molecule has 0 atom stereocenters. The third kappa shape index (κ3) is 4.35. The molecule has 31 heavy (non-hydrogen) atoms. The van der Waals surface area contributed by atoms with Crippen LogP contribution in [-0.2, 0) is 0 Å². The molecule has 1 aliphatic rings. The van der Waals surface area contributed by atoms with E-state index >= 15 is 0 Å². The van der Waals surface area contributed by atoms with Crippen molar-refractivity contribution in [2.75, 3.05) is 24.9 Å². The lowest BCUT2D eigenvalue weighted by atomic mass is 9.95. The fourth-order valence-electron chi connectivity index (χ4n) is 4.03. The molecule has 0 saturated heterocycles. The molecule has 1 aliphatic carbocycles. The third-order valence-corrected chi connectivity index (χ3v) is 5.65. The molecule has 2 aromatic carbocycles. The van der Waals surface area contributed by atoms with E-state index in [4.69, 9.17) is 13.9 Å². The van der Waals surface area contributed by atoms with Gasteiger partial charge in [0.15, 0.2) is 17.2 Å². The van der Waals surface area contributed by atoms with Crippen LogP contribution in [0.5, 0.6) is 11.5 Å². The number of nitrogens with one attached hydrogen (secondary N) is 2. The molecule has 2 N–H and O–H groups in total. The van der Waals surface area contributed by atoms with Crippen LogP contribution in [0.4, 0.5) is 11.4 Å². The fourth-order valence-corrected chi connectivity index (χ4v) is 4.03. The van der Waals surface area contributed by atoms with Crippen molar-refractivity contribution in [1.82, 2.24) is 0 Å². The summed E-state index contributed by atoms with van der Waals surface area (Å²) in [6.07, 6.45) is 5.56. The van der Waals surface area contributed by atoms with Gasteiger partial charge in [-0.1, -0.05) is 31.4 Å². The van der Waals surface area contributed by atoms with Gasteiger partial charge >= 0.3 is 5.63 Å². The topological polar surface area (TPSA) is 89.8 Å². The maximum Gasteiger partial charge on any atom is 0.362 e. The Hall–Kier alpha value is -3.48. The lowest BCUT2D eigenvalue weighted by molar-refractivity contribution is 0.102. The van der Waals surface area contributed by atoms with Crippen LogP contribution in [-0.4, -0.2) is 26.2 Å². The molecule has 1 aromatic heterocycles. The standard InChI is InChI=1S/C24H26N2O5/c1-29-19-13-12-15(14-20(19)30-2)23(27)26-22-21(25-16-8-4-3-5-9-16)17-10-6-7-11-18(17)31-24(22)28/h6-7,10-14,16,25H,3-5,8-9H2,1-2H3,(H,26,27). The summed E-state index contributed by atoms with van der Waals surface area (Å²) in [6.45, 7) is 0. The number of carbonyl (C=O) groups is 1. The second-order valence-corrected chi connectivity index (χ2v) is 7.64. The molecule has 162 valence electrons. The molecule has 0 unspecified atom stereocenters. The average molecular weight is 422 g/mol. The van der Waals surface area contributed by atoms with Crippen molar-refractivity contribution < 1.29 is 18.7 Å². The molecule has 4 rings (SSSR count). The summed E-state index contributed by atoms with van der Waals surface area (Å²) in [4.78, 5) is 25.8. The van der Waals surface area contributed by atoms with Gasteiger partial charge in [0.05, 0.1) is 19.9 Å². The first-order valence-corrected chi connectivity index (χ1v) is 10.5. The van der Waals surface area contributed by atoms with Crippen LogP contribution in [0.3, 0.4) is 0 Å². The first-order chi connectivity index (χ1) is 15.1. The molecule has 0 radical (unpaired) electrons. The number of ether oxygens (including phenoxy) is 2. The number of benzene rings is 2. The summed E-state index contributed by atoms with van der Waals surface area (Å²) in [6, 6.07) is 12.4. The maximum absolute atomic E-state index is 13.0. The molecule has 1 fully saturated rings. The number of rotatable bonds is 6. The number of para-hydroxylation sites is 1. The maximum atomic E-state index is 13.0. The Morgan fingerprint density at radius 3 is 2.45 bits per heavy atom. The van der Waals surface area contributed by atoms with Crippen LogP contribution in [0.1, 0.15) is 42.5 Å². The molecule has 0 spiro atoms. The largest absolute Gasteiger partial charge is 0.493 e. The van der Waals surface area contributed by atoms with Gasteiger partial charge in [0.2, 0.25) is 0 Å². The fraction of sp³-hybridized carbons (Fsp3) is 0.333. The molecule has 1 saturated carbocycles. The highest BCUT2D eigenvalue weighted by molar-refractivity contribution is 6.08. The second-order valence-electron chi connectivity index (χ2n) is 7.64. The summed E-state index contributed by atoms with van der Waals surface area (Å²) >= 11 is 0. The van der Waals surface area contributed by atoms with Gasteiger partial charge in [0.25, 0.3) is 5.91 Å². The van der Waals surface area contributed by atoms with Gasteiger partial charge in [-0.05, 0) is 43.2 Å². The lowest BCUT2D eigenvalue weighted by Crippen LogP contribution is -2.26. The Morgan fingerprint density at radius 1 is 0.968 bits per heavy atom. The smallest absolute Gasteiger partial charge is 0.362 e. The molecule has 7 heteroatoms. The van der Waals surface area contributed by atoms with E-state index in [9.17, 15) is 9.59 Å². The van der Waals surface area contributed by atoms with E-state index in [0.29, 0.717) is 28.3 Å². The van der Waals surface area contributed by atoms with Gasteiger partial charge < -0.3 is 24.5 Å². The molecule has 1 heterocycles. The zero-order valence-electron chi connectivity index (χ0n) is 17.7. The first-order valence-electron chi connectivity index (χ1n) is 10.5. The van der Waals surface area contributed by atoms with E-state index in [1.807, 2.05) is 18.2 Å². The number of amides is 1. The van der Waals surface area contributed by atoms with E-state index < -0.39 is 11.5 Å². The van der Waals surface area contributed by atoms with Crippen LogP contribution in [0.15, 0.2) is 51.7 Å². The van der Waals surface area contributed by atoms with Crippen molar-refractivity contribution in [1.29, 1.82) is 0 Å². The van der Waals surface area contributed by atoms with Gasteiger partial charge in [0, 0.05) is 17.0 Å². The van der Waals surface area contributed by atoms with Crippen molar-refractivity contribution >= 4 is 28.3 Å². The van der Waals surface area contributed by atoms with E-state index in [0.717, 1.165) is 31.1 Å². The van der Waals surface area contributed by atoms with Crippen LogP contribution in [0.25, 0.3) is 11.0 Å². The van der Waals surface area contributed by atoms with Gasteiger partial charge in [-0.15, -0.1) is 0 Å². The van der Waals surface area contributed by atoms with E-state index in [-0.39, 0.29) is 11.7 Å². The van der Waals surface area contributed by atoms with Crippen molar-refractivity contribution in [3.8, 4) is 11.5 Å². The van der Waals surface area contributed by atoms with Crippen LogP contribution in [0, 0.1) is 0 Å². The van der Waals surface area contributed by atoms with E-state index in [2.05, 4.69) is 10.6 Å². The Balaban J connectivity index is 1.72. The lowest BCUT2D eigenvalue weighted by Gasteiger charge is -2.25. The average Bonchev–Trinajstić information content (AvgIpc) is 2.81. The zero-order valence-corrected chi connectivity index (χ0v) is 17.7. The summed E-state index contributed by atoms with van der Waals surface area (Å²) < 4.78 is 16.0. The number of anilines is 2. The number of fused-ring (bicyclic) bond motifs is 1. The molecule has 7 nitrogen and oxygen atoms in total. The minimum Gasteiger partial charge on any atom is -0.493 e. The number of carbonyl (C=O) groups excluding carboxylic acids is 1. The van der Waals surface area contributed by atoms with Gasteiger partial charge in [-0.3, -0.25) is 4.79 Å². The highest BCUT2D eigenvalue weighted by Crippen LogP contribution is 2.33. The molecule has 0 aliphatic heterocycles. The minimum atomic E-state index is -0.592. The zero-order chi connectivity index (χ0) is 21.8. The molecular formula is C24H26N2O5. The highest BCUT2D eigenvalue weighted by atomic mass is 16.5. The Bertz CT molecular complexity index is 1150. The minimum absolute atomic E-state index is 0.115. The summed E-state index contributed by atoms with van der Waals surface area (Å²) in [5.41, 5.74) is 0.950. The number of hydrogen-bond acceptors (Lipinski definition) is 6. The highest BCUT2D eigenvalue weighted by Gasteiger charge is 2.22. The molecular weight excluding hydrogens is 396 g/mol. The predicted molar refractivity (Wildman–Crippen MR) is 120 cm³/mol. The third-order valence-electron chi connectivity index (χ3n) is 5.65. The van der Waals surface area contributed by atoms with Crippen molar-refractivity contribution in [2.24, 2.45) is 0 Å². The molecule has 3 aromatic rings. The Labute approximate surface area is 180 Å². The quantitative estimate of drug-likeness (QED) is 0.554. The monoisotopic (exact) mass is 422 g/mol. The van der Waals surface area contributed by atoms with E-state index in [1.54, 1.807) is 24.3 Å². The predicted octanol–water partition coefficient (Wildman–Crippen LogP) is 4.81. The summed E-state index contributed by atoms with van der Waals surface area (Å²) in [7, 11) is 3.03. The van der Waals surface area contributed by atoms with Crippen LogP contribution < -0.4 is 25.7 Å². The normalized spacial score (nSPS) is 14.3. The van der Waals surface area contributed by atoms with E-state index in [1.165, 1.54) is 20.6 Å². The number of methoxy groups -OCH3 is 2. The Morgan fingerprint density at radius 2 is 1.71 bits per heavy atom. The van der Waals surface area contributed by atoms with Crippen LogP contribution in [0.2, 0.25) is 0 Å². The second kappa shape index (κ2) is 9.12. The Kier molecular flexibility index (Phi) is 6.11. The molecule has 1 amide bonds. The van der Waals surface area contributed by atoms with Crippen molar-refractivity contribution in [3.63, 3.8) is 0 Å². The van der Waals surface area contributed by atoms with Crippen LogP contribution >= 0.6 is 0 Å². The molecule has 0 bridgehead atoms. The summed E-state index contributed by atoms with van der Waals surface area (Å²) in [5.74, 6) is 0.514. The number of hydrogen-bond donors (Lipinski definition) is 2. The first kappa shape index (κ1) is 20.8. The summed E-state index contributed by atoms with van der Waals surface area (Å²) in [5, 5.41) is 7.03. The SMILES string of the molecule is COc1ccc(C(=O)Nc2c(NC3CCCCC3)c3ccccc3oc2=O)cc1OC. The van der Waals surface area contributed by atoms with Gasteiger partial charge in [-0.25, -0.2) is 4.79 Å².